The summed E-state index contributed by atoms with van der Waals surface area (Å²) in [5.74, 6) is 0.458. The molecule has 0 fully saturated rings. The first-order valence-electron chi connectivity index (χ1n) is 6.48. The van der Waals surface area contributed by atoms with Crippen LogP contribution in [0.5, 0.6) is 0 Å². The molecule has 2 heteroatoms. The largest absolute Gasteiger partial charge is 0.313 e. The zero-order chi connectivity index (χ0) is 13.1. The standard InChI is InChI=1S/C16H20FN/c1-11(2)10-16(18-3)14-8-9-15(17)13-7-5-4-6-12(13)14/h4-9,11,16,18H,10H2,1-3H3. The van der Waals surface area contributed by atoms with E-state index in [0.29, 0.717) is 11.3 Å². The lowest BCUT2D eigenvalue weighted by Gasteiger charge is -2.20. The monoisotopic (exact) mass is 245 g/mol. The van der Waals surface area contributed by atoms with E-state index in [-0.39, 0.29) is 11.9 Å². The van der Waals surface area contributed by atoms with Gasteiger partial charge in [-0.3, -0.25) is 0 Å². The van der Waals surface area contributed by atoms with Crippen LogP contribution in [0.1, 0.15) is 31.9 Å². The van der Waals surface area contributed by atoms with Gasteiger partial charge >= 0.3 is 0 Å². The molecule has 0 spiro atoms. The number of hydrogen-bond acceptors (Lipinski definition) is 1. The van der Waals surface area contributed by atoms with Gasteiger partial charge in [-0.05, 0) is 36.4 Å². The van der Waals surface area contributed by atoms with Crippen LogP contribution in [0, 0.1) is 11.7 Å². The van der Waals surface area contributed by atoms with E-state index >= 15 is 0 Å². The summed E-state index contributed by atoms with van der Waals surface area (Å²) in [5.41, 5.74) is 1.18. The summed E-state index contributed by atoms with van der Waals surface area (Å²) in [7, 11) is 1.96. The molecule has 0 saturated heterocycles. The Balaban J connectivity index is 2.53. The zero-order valence-electron chi connectivity index (χ0n) is 11.2. The van der Waals surface area contributed by atoms with Crippen LogP contribution in [0.3, 0.4) is 0 Å². The minimum atomic E-state index is -0.145. The van der Waals surface area contributed by atoms with Crippen LogP contribution < -0.4 is 5.32 Å². The molecule has 96 valence electrons. The molecule has 0 aliphatic heterocycles. The van der Waals surface area contributed by atoms with Crippen molar-refractivity contribution in [2.24, 2.45) is 5.92 Å². The normalized spacial score (nSPS) is 13.2. The molecule has 1 unspecified atom stereocenters. The topological polar surface area (TPSA) is 12.0 Å². The summed E-state index contributed by atoms with van der Waals surface area (Å²) in [6.07, 6.45) is 1.05. The zero-order valence-corrected chi connectivity index (χ0v) is 11.2. The Labute approximate surface area is 108 Å². The molecule has 0 radical (unpaired) electrons. The van der Waals surface area contributed by atoms with Crippen LogP contribution in [-0.2, 0) is 0 Å². The van der Waals surface area contributed by atoms with Crippen molar-refractivity contribution in [2.75, 3.05) is 7.05 Å². The molecule has 0 aromatic heterocycles. The lowest BCUT2D eigenvalue weighted by atomic mass is 9.93. The molecule has 1 atom stereocenters. The van der Waals surface area contributed by atoms with Crippen LogP contribution in [0.4, 0.5) is 4.39 Å². The first-order chi connectivity index (χ1) is 8.63. The second kappa shape index (κ2) is 5.49. The van der Waals surface area contributed by atoms with Crippen LogP contribution in [0.25, 0.3) is 10.8 Å². The summed E-state index contributed by atoms with van der Waals surface area (Å²) in [4.78, 5) is 0. The van der Waals surface area contributed by atoms with Crippen molar-refractivity contribution in [3.05, 3.63) is 47.8 Å². The number of benzene rings is 2. The predicted molar refractivity (Wildman–Crippen MR) is 75.2 cm³/mol. The van der Waals surface area contributed by atoms with Crippen molar-refractivity contribution < 1.29 is 4.39 Å². The summed E-state index contributed by atoms with van der Waals surface area (Å²) >= 11 is 0. The molecule has 2 rings (SSSR count). The van der Waals surface area contributed by atoms with Gasteiger partial charge in [0, 0.05) is 11.4 Å². The Hall–Kier alpha value is -1.41. The van der Waals surface area contributed by atoms with Gasteiger partial charge in [0.1, 0.15) is 5.82 Å². The van der Waals surface area contributed by atoms with Gasteiger partial charge < -0.3 is 5.32 Å². The van der Waals surface area contributed by atoms with Gasteiger partial charge in [0.05, 0.1) is 0 Å². The van der Waals surface area contributed by atoms with Crippen LogP contribution in [0.2, 0.25) is 0 Å². The summed E-state index contributed by atoms with van der Waals surface area (Å²) < 4.78 is 13.8. The smallest absolute Gasteiger partial charge is 0.131 e. The highest BCUT2D eigenvalue weighted by atomic mass is 19.1. The van der Waals surface area contributed by atoms with E-state index < -0.39 is 0 Å². The van der Waals surface area contributed by atoms with E-state index in [2.05, 4.69) is 19.2 Å². The van der Waals surface area contributed by atoms with Crippen molar-refractivity contribution in [2.45, 2.75) is 26.3 Å². The van der Waals surface area contributed by atoms with E-state index in [4.69, 9.17) is 0 Å². The van der Waals surface area contributed by atoms with Crippen LogP contribution in [0.15, 0.2) is 36.4 Å². The molecule has 0 saturated carbocycles. The first kappa shape index (κ1) is 13.0. The van der Waals surface area contributed by atoms with Gasteiger partial charge in [-0.2, -0.15) is 0 Å². The highest BCUT2D eigenvalue weighted by Gasteiger charge is 2.15. The van der Waals surface area contributed by atoms with E-state index in [1.807, 2.05) is 37.4 Å². The van der Waals surface area contributed by atoms with Crippen molar-refractivity contribution >= 4 is 10.8 Å². The minimum Gasteiger partial charge on any atom is -0.313 e. The van der Waals surface area contributed by atoms with E-state index in [0.717, 1.165) is 11.8 Å². The van der Waals surface area contributed by atoms with Gasteiger partial charge in [0.15, 0.2) is 0 Å². The Morgan fingerprint density at radius 1 is 1.06 bits per heavy atom. The molecule has 2 aromatic rings. The number of hydrogen-bond donors (Lipinski definition) is 1. The predicted octanol–water partition coefficient (Wildman–Crippen LogP) is 4.29. The molecule has 2 aromatic carbocycles. The highest BCUT2D eigenvalue weighted by molar-refractivity contribution is 5.86. The molecule has 0 bridgehead atoms. The quantitative estimate of drug-likeness (QED) is 0.847. The third kappa shape index (κ3) is 2.54. The third-order valence-electron chi connectivity index (χ3n) is 3.34. The summed E-state index contributed by atoms with van der Waals surface area (Å²) in [6.45, 7) is 4.41. The molecular formula is C16H20FN. The number of fused-ring (bicyclic) bond motifs is 1. The molecule has 1 nitrogen and oxygen atoms in total. The van der Waals surface area contributed by atoms with Gasteiger partial charge in [0.25, 0.3) is 0 Å². The maximum absolute atomic E-state index is 13.8. The van der Waals surface area contributed by atoms with Crippen molar-refractivity contribution in [3.8, 4) is 0 Å². The second-order valence-corrected chi connectivity index (χ2v) is 5.15. The van der Waals surface area contributed by atoms with E-state index in [1.165, 1.54) is 5.56 Å². The fraction of sp³-hybridized carbons (Fsp3) is 0.375. The average Bonchev–Trinajstić information content (AvgIpc) is 2.37. The molecular weight excluding hydrogens is 225 g/mol. The molecule has 0 aliphatic carbocycles. The van der Waals surface area contributed by atoms with Gasteiger partial charge in [-0.15, -0.1) is 0 Å². The second-order valence-electron chi connectivity index (χ2n) is 5.15. The fourth-order valence-corrected chi connectivity index (χ4v) is 2.46. The fourth-order valence-electron chi connectivity index (χ4n) is 2.46. The maximum atomic E-state index is 13.8. The van der Waals surface area contributed by atoms with Crippen molar-refractivity contribution in [1.82, 2.24) is 5.32 Å². The Morgan fingerprint density at radius 2 is 1.72 bits per heavy atom. The minimum absolute atomic E-state index is 0.145. The number of halogens is 1. The Morgan fingerprint density at radius 3 is 2.33 bits per heavy atom. The molecule has 1 N–H and O–H groups in total. The number of rotatable bonds is 4. The lowest BCUT2D eigenvalue weighted by molar-refractivity contribution is 0.458. The molecule has 0 amide bonds. The van der Waals surface area contributed by atoms with Gasteiger partial charge in [-0.25, -0.2) is 4.39 Å². The Bertz CT molecular complexity index is 534. The maximum Gasteiger partial charge on any atom is 0.131 e. The molecule has 0 heterocycles. The summed E-state index contributed by atoms with van der Waals surface area (Å²) in [5, 5.41) is 5.06. The first-order valence-corrected chi connectivity index (χ1v) is 6.48. The third-order valence-corrected chi connectivity index (χ3v) is 3.34. The number of nitrogens with one attached hydrogen (secondary N) is 1. The summed E-state index contributed by atoms with van der Waals surface area (Å²) in [6, 6.07) is 11.4. The SMILES string of the molecule is CNC(CC(C)C)c1ccc(F)c2ccccc12. The molecule has 0 aliphatic rings. The Kier molecular flexibility index (Phi) is 3.97. The lowest BCUT2D eigenvalue weighted by Crippen LogP contribution is -2.18. The molecule has 18 heavy (non-hydrogen) atoms. The van der Waals surface area contributed by atoms with Crippen molar-refractivity contribution in [3.63, 3.8) is 0 Å². The highest BCUT2D eigenvalue weighted by Crippen LogP contribution is 2.29. The van der Waals surface area contributed by atoms with Crippen LogP contribution in [-0.4, -0.2) is 7.05 Å². The van der Waals surface area contributed by atoms with E-state index in [9.17, 15) is 4.39 Å². The van der Waals surface area contributed by atoms with E-state index in [1.54, 1.807) is 6.07 Å². The van der Waals surface area contributed by atoms with Crippen molar-refractivity contribution in [1.29, 1.82) is 0 Å². The average molecular weight is 245 g/mol. The van der Waals surface area contributed by atoms with Gasteiger partial charge in [0.2, 0.25) is 0 Å². The van der Waals surface area contributed by atoms with Gasteiger partial charge in [-0.1, -0.05) is 44.2 Å². The van der Waals surface area contributed by atoms with Crippen LogP contribution >= 0.6 is 0 Å².